The summed E-state index contributed by atoms with van der Waals surface area (Å²) in [4.78, 5) is 27.5. The highest BCUT2D eigenvalue weighted by Gasteiger charge is 2.29. The van der Waals surface area contributed by atoms with E-state index < -0.39 is 0 Å². The SMILES string of the molecule is CCCN(C(=O)CN1CCCC1=O)C1CCNC1.Cl. The normalized spacial score (nSPS) is 22.5. The molecular formula is C13H24ClN3O2. The Kier molecular flexibility index (Phi) is 6.58. The molecule has 1 N–H and O–H groups in total. The maximum Gasteiger partial charge on any atom is 0.242 e. The summed E-state index contributed by atoms with van der Waals surface area (Å²) >= 11 is 0. The van der Waals surface area contributed by atoms with Crippen LogP contribution in [0, 0.1) is 0 Å². The minimum atomic E-state index is 0. The van der Waals surface area contributed by atoms with Gasteiger partial charge in [0.1, 0.15) is 0 Å². The van der Waals surface area contributed by atoms with Gasteiger partial charge >= 0.3 is 0 Å². The van der Waals surface area contributed by atoms with E-state index in [0.29, 0.717) is 12.5 Å². The second-order valence-corrected chi connectivity index (χ2v) is 5.15. The molecule has 1 unspecified atom stereocenters. The first-order valence-corrected chi connectivity index (χ1v) is 7.00. The van der Waals surface area contributed by atoms with E-state index in [0.717, 1.165) is 45.4 Å². The van der Waals surface area contributed by atoms with Crippen molar-refractivity contribution in [2.24, 2.45) is 0 Å². The summed E-state index contributed by atoms with van der Waals surface area (Å²) < 4.78 is 0. The molecule has 0 aliphatic carbocycles. The van der Waals surface area contributed by atoms with E-state index >= 15 is 0 Å². The highest BCUT2D eigenvalue weighted by molar-refractivity contribution is 5.86. The van der Waals surface area contributed by atoms with E-state index in [1.54, 1.807) is 4.90 Å². The zero-order chi connectivity index (χ0) is 13.0. The Morgan fingerprint density at radius 3 is 2.84 bits per heavy atom. The average Bonchev–Trinajstić information content (AvgIpc) is 2.99. The van der Waals surface area contributed by atoms with Crippen LogP contribution in [0.3, 0.4) is 0 Å². The van der Waals surface area contributed by atoms with E-state index in [9.17, 15) is 9.59 Å². The molecule has 1 atom stereocenters. The molecule has 0 saturated carbocycles. The number of rotatable bonds is 5. The van der Waals surface area contributed by atoms with Crippen LogP contribution < -0.4 is 5.32 Å². The van der Waals surface area contributed by atoms with Crippen LogP contribution in [0.4, 0.5) is 0 Å². The second-order valence-electron chi connectivity index (χ2n) is 5.15. The Bertz CT molecular complexity index is 319. The second kappa shape index (κ2) is 7.70. The van der Waals surface area contributed by atoms with Crippen molar-refractivity contribution in [3.05, 3.63) is 0 Å². The van der Waals surface area contributed by atoms with E-state index in [-0.39, 0.29) is 30.8 Å². The number of nitrogens with zero attached hydrogens (tertiary/aromatic N) is 2. The van der Waals surface area contributed by atoms with Crippen molar-refractivity contribution < 1.29 is 9.59 Å². The van der Waals surface area contributed by atoms with Gasteiger partial charge in [-0.3, -0.25) is 9.59 Å². The molecule has 0 aromatic rings. The molecule has 0 bridgehead atoms. The van der Waals surface area contributed by atoms with Crippen molar-refractivity contribution in [1.82, 2.24) is 15.1 Å². The monoisotopic (exact) mass is 289 g/mol. The molecule has 2 saturated heterocycles. The maximum absolute atomic E-state index is 12.3. The minimum Gasteiger partial charge on any atom is -0.337 e. The first-order chi connectivity index (χ1) is 8.72. The third-order valence-electron chi connectivity index (χ3n) is 3.76. The lowest BCUT2D eigenvalue weighted by Crippen LogP contribution is -2.47. The molecule has 19 heavy (non-hydrogen) atoms. The van der Waals surface area contributed by atoms with Crippen molar-refractivity contribution in [2.75, 3.05) is 32.7 Å². The largest absolute Gasteiger partial charge is 0.337 e. The van der Waals surface area contributed by atoms with Gasteiger partial charge in [-0.05, 0) is 25.8 Å². The molecule has 5 nitrogen and oxygen atoms in total. The van der Waals surface area contributed by atoms with Gasteiger partial charge < -0.3 is 15.1 Å². The number of carbonyl (C=O) groups excluding carboxylic acids is 2. The van der Waals surface area contributed by atoms with Gasteiger partial charge in [0.05, 0.1) is 6.54 Å². The van der Waals surface area contributed by atoms with Crippen molar-refractivity contribution in [3.8, 4) is 0 Å². The Morgan fingerprint density at radius 2 is 2.32 bits per heavy atom. The van der Waals surface area contributed by atoms with Crippen LogP contribution in [-0.2, 0) is 9.59 Å². The quantitative estimate of drug-likeness (QED) is 0.808. The van der Waals surface area contributed by atoms with E-state index in [1.165, 1.54) is 0 Å². The molecular weight excluding hydrogens is 266 g/mol. The van der Waals surface area contributed by atoms with Crippen LogP contribution in [0.2, 0.25) is 0 Å². The van der Waals surface area contributed by atoms with Crippen LogP contribution in [0.1, 0.15) is 32.6 Å². The summed E-state index contributed by atoms with van der Waals surface area (Å²) in [7, 11) is 0. The number of nitrogens with one attached hydrogen (secondary N) is 1. The standard InChI is InChI=1S/C13H23N3O2.ClH/c1-2-7-16(11-5-6-14-9-11)13(18)10-15-8-3-4-12(15)17;/h11,14H,2-10H2,1H3;1H. The molecule has 0 radical (unpaired) electrons. The summed E-state index contributed by atoms with van der Waals surface area (Å²) in [6, 6.07) is 0.315. The highest BCUT2D eigenvalue weighted by atomic mass is 35.5. The summed E-state index contributed by atoms with van der Waals surface area (Å²) in [5.41, 5.74) is 0. The minimum absolute atomic E-state index is 0. The Morgan fingerprint density at radius 1 is 1.53 bits per heavy atom. The van der Waals surface area contributed by atoms with Gasteiger partial charge in [0.15, 0.2) is 0 Å². The Labute approximate surface area is 121 Å². The third kappa shape index (κ3) is 4.08. The van der Waals surface area contributed by atoms with E-state index in [1.807, 2.05) is 4.90 Å². The molecule has 2 fully saturated rings. The number of likely N-dealkylation sites (tertiary alicyclic amines) is 1. The summed E-state index contributed by atoms with van der Waals surface area (Å²) in [6.45, 7) is 5.78. The van der Waals surface area contributed by atoms with Gasteiger partial charge in [-0.15, -0.1) is 12.4 Å². The average molecular weight is 290 g/mol. The van der Waals surface area contributed by atoms with Crippen molar-refractivity contribution >= 4 is 24.2 Å². The van der Waals surface area contributed by atoms with E-state index in [2.05, 4.69) is 12.2 Å². The van der Waals surface area contributed by atoms with Gasteiger partial charge in [-0.2, -0.15) is 0 Å². The number of hydrogen-bond donors (Lipinski definition) is 1. The van der Waals surface area contributed by atoms with E-state index in [4.69, 9.17) is 0 Å². The predicted octanol–water partition coefficient (Wildman–Crippen LogP) is 0.631. The molecule has 0 aromatic carbocycles. The van der Waals surface area contributed by atoms with Crippen LogP contribution in [0.25, 0.3) is 0 Å². The smallest absolute Gasteiger partial charge is 0.242 e. The molecule has 0 aromatic heterocycles. The summed E-state index contributed by atoms with van der Waals surface area (Å²) in [5, 5.41) is 3.29. The van der Waals surface area contributed by atoms with Crippen molar-refractivity contribution in [1.29, 1.82) is 0 Å². The first kappa shape index (κ1) is 16.2. The number of carbonyl (C=O) groups is 2. The lowest BCUT2D eigenvalue weighted by Gasteiger charge is -2.30. The number of hydrogen-bond acceptors (Lipinski definition) is 3. The van der Waals surface area contributed by atoms with Gasteiger partial charge in [0.25, 0.3) is 0 Å². The maximum atomic E-state index is 12.3. The molecule has 0 spiro atoms. The third-order valence-corrected chi connectivity index (χ3v) is 3.76. The van der Waals surface area contributed by atoms with Crippen LogP contribution >= 0.6 is 12.4 Å². The van der Waals surface area contributed by atoms with Crippen LogP contribution in [-0.4, -0.2) is 60.4 Å². The van der Waals surface area contributed by atoms with Gasteiger partial charge in [0.2, 0.25) is 11.8 Å². The van der Waals surface area contributed by atoms with Gasteiger partial charge in [-0.25, -0.2) is 0 Å². The molecule has 2 rings (SSSR count). The fourth-order valence-electron chi connectivity index (χ4n) is 2.78. The molecule has 2 amide bonds. The van der Waals surface area contributed by atoms with Gasteiger partial charge in [-0.1, -0.05) is 6.92 Å². The van der Waals surface area contributed by atoms with Crippen molar-refractivity contribution in [2.45, 2.75) is 38.6 Å². The zero-order valence-corrected chi connectivity index (χ0v) is 12.4. The van der Waals surface area contributed by atoms with Crippen LogP contribution in [0.5, 0.6) is 0 Å². The lowest BCUT2D eigenvalue weighted by atomic mass is 10.2. The molecule has 2 aliphatic heterocycles. The number of halogens is 1. The molecule has 110 valence electrons. The van der Waals surface area contributed by atoms with Gasteiger partial charge in [0, 0.05) is 32.1 Å². The Balaban J connectivity index is 0.00000180. The van der Waals surface area contributed by atoms with Crippen LogP contribution in [0.15, 0.2) is 0 Å². The lowest BCUT2D eigenvalue weighted by molar-refractivity contribution is -0.139. The van der Waals surface area contributed by atoms with Crippen molar-refractivity contribution in [3.63, 3.8) is 0 Å². The summed E-state index contributed by atoms with van der Waals surface area (Å²) in [5.74, 6) is 0.241. The fourth-order valence-corrected chi connectivity index (χ4v) is 2.78. The molecule has 2 aliphatic rings. The predicted molar refractivity (Wildman–Crippen MR) is 76.3 cm³/mol. The fraction of sp³-hybridized carbons (Fsp3) is 0.846. The molecule has 2 heterocycles. The molecule has 6 heteroatoms. The zero-order valence-electron chi connectivity index (χ0n) is 11.6. The Hall–Kier alpha value is -0.810. The topological polar surface area (TPSA) is 52.7 Å². The first-order valence-electron chi connectivity index (χ1n) is 7.00. The number of amides is 2. The summed E-state index contributed by atoms with van der Waals surface area (Å²) in [6.07, 6.45) is 3.49. The highest BCUT2D eigenvalue weighted by Crippen LogP contribution is 2.13.